The van der Waals surface area contributed by atoms with Crippen LogP contribution in [0, 0.1) is 6.92 Å². The predicted octanol–water partition coefficient (Wildman–Crippen LogP) is 1.61. The molecule has 92 valence electrons. The van der Waals surface area contributed by atoms with Crippen LogP contribution in [0.1, 0.15) is 23.1 Å². The van der Waals surface area contributed by atoms with Gasteiger partial charge < -0.3 is 15.1 Å². The first-order valence-corrected chi connectivity index (χ1v) is 5.92. The minimum atomic E-state index is -0.114. The highest BCUT2D eigenvalue weighted by Gasteiger charge is 2.14. The van der Waals surface area contributed by atoms with Gasteiger partial charge in [0.05, 0.1) is 18.1 Å². The lowest BCUT2D eigenvalue weighted by Crippen LogP contribution is -2.16. The van der Waals surface area contributed by atoms with E-state index in [1.54, 1.807) is 6.33 Å². The molecule has 0 amide bonds. The third-order valence-electron chi connectivity index (χ3n) is 3.14. The van der Waals surface area contributed by atoms with Crippen LogP contribution in [0.4, 0.5) is 0 Å². The lowest BCUT2D eigenvalue weighted by Gasteiger charge is -2.09. The molecule has 3 heterocycles. The third-order valence-corrected chi connectivity index (χ3v) is 3.14. The number of rotatable bonds is 3. The van der Waals surface area contributed by atoms with Crippen molar-refractivity contribution in [2.75, 3.05) is 0 Å². The van der Waals surface area contributed by atoms with Crippen LogP contribution in [0.3, 0.4) is 0 Å². The summed E-state index contributed by atoms with van der Waals surface area (Å²) < 4.78 is 2.06. The van der Waals surface area contributed by atoms with Gasteiger partial charge in [0.25, 0.3) is 0 Å². The summed E-state index contributed by atoms with van der Waals surface area (Å²) in [5, 5.41) is 0. The standard InChI is InChI=1S/C13H15N5/c1-9-13(17-8-16-9)11(14)6-10-7-15-12-4-2-3-5-18(10)12/h2-5,7-8,11H,6,14H2,1H3,(H,16,17). The Kier molecular flexibility index (Phi) is 2.60. The number of aromatic nitrogens is 4. The van der Waals surface area contributed by atoms with Crippen LogP contribution in [0.15, 0.2) is 36.9 Å². The van der Waals surface area contributed by atoms with Crippen molar-refractivity contribution in [3.63, 3.8) is 0 Å². The monoisotopic (exact) mass is 241 g/mol. The fourth-order valence-corrected chi connectivity index (χ4v) is 2.20. The van der Waals surface area contributed by atoms with Crippen molar-refractivity contribution < 1.29 is 0 Å². The fraction of sp³-hybridized carbons (Fsp3) is 0.231. The van der Waals surface area contributed by atoms with E-state index in [0.29, 0.717) is 0 Å². The second kappa shape index (κ2) is 4.27. The van der Waals surface area contributed by atoms with E-state index in [4.69, 9.17) is 5.73 Å². The number of fused-ring (bicyclic) bond motifs is 1. The average Bonchev–Trinajstić information content (AvgIpc) is 2.97. The minimum absolute atomic E-state index is 0.114. The molecule has 0 bridgehead atoms. The van der Waals surface area contributed by atoms with E-state index in [1.807, 2.05) is 37.5 Å². The highest BCUT2D eigenvalue weighted by atomic mass is 15.0. The van der Waals surface area contributed by atoms with Crippen molar-refractivity contribution in [1.82, 2.24) is 19.4 Å². The maximum Gasteiger partial charge on any atom is 0.136 e. The molecule has 0 saturated carbocycles. The molecule has 3 N–H and O–H groups in total. The van der Waals surface area contributed by atoms with Crippen molar-refractivity contribution >= 4 is 5.65 Å². The van der Waals surface area contributed by atoms with Crippen LogP contribution in [0.25, 0.3) is 5.65 Å². The van der Waals surface area contributed by atoms with Gasteiger partial charge in [-0.15, -0.1) is 0 Å². The predicted molar refractivity (Wildman–Crippen MR) is 69.1 cm³/mol. The van der Waals surface area contributed by atoms with Gasteiger partial charge in [0.1, 0.15) is 5.65 Å². The number of aryl methyl sites for hydroxylation is 1. The Hall–Kier alpha value is -2.14. The molecular weight excluding hydrogens is 226 g/mol. The Morgan fingerprint density at radius 1 is 1.39 bits per heavy atom. The lowest BCUT2D eigenvalue weighted by molar-refractivity contribution is 0.678. The van der Waals surface area contributed by atoms with E-state index in [1.165, 1.54) is 0 Å². The van der Waals surface area contributed by atoms with E-state index in [0.717, 1.165) is 29.1 Å². The Labute approximate surface area is 105 Å². The fourth-order valence-electron chi connectivity index (χ4n) is 2.20. The van der Waals surface area contributed by atoms with Gasteiger partial charge in [0.2, 0.25) is 0 Å². The molecule has 0 aromatic carbocycles. The zero-order valence-electron chi connectivity index (χ0n) is 10.2. The number of pyridine rings is 1. The van der Waals surface area contributed by atoms with Crippen molar-refractivity contribution in [2.45, 2.75) is 19.4 Å². The number of hydrogen-bond donors (Lipinski definition) is 2. The van der Waals surface area contributed by atoms with Gasteiger partial charge in [-0.05, 0) is 19.1 Å². The van der Waals surface area contributed by atoms with Crippen LogP contribution in [0.5, 0.6) is 0 Å². The highest BCUT2D eigenvalue weighted by molar-refractivity contribution is 5.40. The highest BCUT2D eigenvalue weighted by Crippen LogP contribution is 2.17. The van der Waals surface area contributed by atoms with Gasteiger partial charge >= 0.3 is 0 Å². The van der Waals surface area contributed by atoms with Gasteiger partial charge in [-0.1, -0.05) is 6.07 Å². The van der Waals surface area contributed by atoms with E-state index < -0.39 is 0 Å². The molecule has 3 rings (SSSR count). The topological polar surface area (TPSA) is 72.0 Å². The van der Waals surface area contributed by atoms with Gasteiger partial charge in [-0.3, -0.25) is 0 Å². The van der Waals surface area contributed by atoms with Crippen molar-refractivity contribution in [1.29, 1.82) is 0 Å². The summed E-state index contributed by atoms with van der Waals surface area (Å²) in [5.74, 6) is 0. The zero-order valence-corrected chi connectivity index (χ0v) is 10.2. The molecule has 0 radical (unpaired) electrons. The number of aromatic amines is 1. The average molecular weight is 241 g/mol. The van der Waals surface area contributed by atoms with E-state index >= 15 is 0 Å². The number of imidazole rings is 2. The molecule has 1 atom stereocenters. The number of nitrogens with one attached hydrogen (secondary N) is 1. The molecule has 0 aliphatic rings. The van der Waals surface area contributed by atoms with Crippen molar-refractivity contribution in [3.8, 4) is 0 Å². The molecule has 0 aliphatic carbocycles. The SMILES string of the molecule is Cc1[nH]cnc1C(N)Cc1cnc2ccccn12. The largest absolute Gasteiger partial charge is 0.348 e. The first-order chi connectivity index (χ1) is 8.75. The lowest BCUT2D eigenvalue weighted by atomic mass is 10.1. The summed E-state index contributed by atoms with van der Waals surface area (Å²) >= 11 is 0. The number of nitrogens with two attached hydrogens (primary N) is 1. The summed E-state index contributed by atoms with van der Waals surface area (Å²) in [7, 11) is 0. The van der Waals surface area contributed by atoms with E-state index in [2.05, 4.69) is 19.4 Å². The summed E-state index contributed by atoms with van der Waals surface area (Å²) in [6.07, 6.45) is 6.27. The van der Waals surface area contributed by atoms with Crippen LogP contribution in [-0.2, 0) is 6.42 Å². The Morgan fingerprint density at radius 3 is 3.06 bits per heavy atom. The number of H-pyrrole nitrogens is 1. The van der Waals surface area contributed by atoms with Gasteiger partial charge in [0.15, 0.2) is 0 Å². The van der Waals surface area contributed by atoms with Gasteiger partial charge in [0, 0.05) is 30.2 Å². The molecule has 1 unspecified atom stereocenters. The Morgan fingerprint density at radius 2 is 2.28 bits per heavy atom. The molecule has 3 aromatic rings. The molecule has 0 saturated heterocycles. The number of nitrogens with zero attached hydrogens (tertiary/aromatic N) is 3. The maximum absolute atomic E-state index is 6.20. The van der Waals surface area contributed by atoms with E-state index in [9.17, 15) is 0 Å². The van der Waals surface area contributed by atoms with Crippen LogP contribution in [0.2, 0.25) is 0 Å². The summed E-state index contributed by atoms with van der Waals surface area (Å²) in [5.41, 5.74) is 10.2. The molecular formula is C13H15N5. The molecule has 5 nitrogen and oxygen atoms in total. The second-order valence-corrected chi connectivity index (χ2v) is 4.40. The first kappa shape index (κ1) is 11.0. The third kappa shape index (κ3) is 1.78. The zero-order chi connectivity index (χ0) is 12.5. The minimum Gasteiger partial charge on any atom is -0.348 e. The quantitative estimate of drug-likeness (QED) is 0.731. The van der Waals surface area contributed by atoms with E-state index in [-0.39, 0.29) is 6.04 Å². The first-order valence-electron chi connectivity index (χ1n) is 5.92. The molecule has 5 heteroatoms. The Balaban J connectivity index is 1.91. The van der Waals surface area contributed by atoms with Crippen LogP contribution < -0.4 is 5.73 Å². The molecule has 0 fully saturated rings. The molecule has 0 aliphatic heterocycles. The number of hydrogen-bond acceptors (Lipinski definition) is 3. The molecule has 18 heavy (non-hydrogen) atoms. The van der Waals surface area contributed by atoms with Crippen molar-refractivity contribution in [2.24, 2.45) is 5.73 Å². The molecule has 0 spiro atoms. The van der Waals surface area contributed by atoms with Gasteiger partial charge in [-0.25, -0.2) is 9.97 Å². The van der Waals surface area contributed by atoms with Crippen LogP contribution >= 0.6 is 0 Å². The molecule has 3 aromatic heterocycles. The summed E-state index contributed by atoms with van der Waals surface area (Å²) in [6, 6.07) is 5.83. The Bertz CT molecular complexity index is 667. The van der Waals surface area contributed by atoms with Crippen molar-refractivity contribution in [3.05, 3.63) is 54.0 Å². The normalized spacial score (nSPS) is 13.0. The summed E-state index contributed by atoms with van der Waals surface area (Å²) in [6.45, 7) is 1.98. The van der Waals surface area contributed by atoms with Crippen LogP contribution in [-0.4, -0.2) is 19.4 Å². The smallest absolute Gasteiger partial charge is 0.136 e. The second-order valence-electron chi connectivity index (χ2n) is 4.40. The maximum atomic E-state index is 6.20. The summed E-state index contributed by atoms with van der Waals surface area (Å²) in [4.78, 5) is 11.7. The van der Waals surface area contributed by atoms with Gasteiger partial charge in [-0.2, -0.15) is 0 Å².